The molecule has 0 bridgehead atoms. The summed E-state index contributed by atoms with van der Waals surface area (Å²) in [5.41, 5.74) is 2.20. The maximum absolute atomic E-state index is 12.1. The fourth-order valence-electron chi connectivity index (χ4n) is 2.30. The number of aromatic nitrogens is 6. The highest BCUT2D eigenvalue weighted by Gasteiger charge is 2.11. The third-order valence-corrected chi connectivity index (χ3v) is 3.40. The van der Waals surface area contributed by atoms with Gasteiger partial charge in [-0.2, -0.15) is 9.78 Å². The monoisotopic (exact) mass is 326 g/mol. The molecule has 3 rings (SSSR count). The lowest BCUT2D eigenvalue weighted by atomic mass is 10.3. The van der Waals surface area contributed by atoms with E-state index in [2.05, 4.69) is 31.3 Å². The molecule has 0 saturated carbocycles. The van der Waals surface area contributed by atoms with Crippen molar-refractivity contribution in [1.82, 2.24) is 35.3 Å². The van der Waals surface area contributed by atoms with E-state index in [1.165, 1.54) is 0 Å². The van der Waals surface area contributed by atoms with Crippen LogP contribution < -0.4 is 10.6 Å². The Labute approximate surface area is 138 Å². The Morgan fingerprint density at radius 3 is 2.71 bits per heavy atom. The number of carbonyl (C=O) groups is 1. The molecule has 0 unspecified atom stereocenters. The fourth-order valence-corrected chi connectivity index (χ4v) is 2.30. The molecule has 1 aromatic carbocycles. The van der Waals surface area contributed by atoms with Gasteiger partial charge in [-0.25, -0.2) is 0 Å². The molecule has 9 nitrogen and oxygen atoms in total. The van der Waals surface area contributed by atoms with Crippen molar-refractivity contribution in [3.05, 3.63) is 47.8 Å². The summed E-state index contributed by atoms with van der Waals surface area (Å²) in [6.07, 6.45) is 0. The lowest BCUT2D eigenvalue weighted by molar-refractivity contribution is 0.0946. The molecule has 9 heteroatoms. The van der Waals surface area contributed by atoms with E-state index in [4.69, 9.17) is 0 Å². The number of hydrogen-bond acceptors (Lipinski definition) is 6. The molecule has 2 N–H and O–H groups in total. The quantitative estimate of drug-likeness (QED) is 0.641. The minimum atomic E-state index is -0.164. The van der Waals surface area contributed by atoms with Crippen molar-refractivity contribution in [3.63, 3.8) is 0 Å². The molecular formula is C15H18N8O. The highest BCUT2D eigenvalue weighted by Crippen LogP contribution is 2.09. The average Bonchev–Trinajstić information content (AvgIpc) is 3.18. The molecular weight excluding hydrogens is 308 g/mol. The van der Waals surface area contributed by atoms with Crippen LogP contribution >= 0.6 is 0 Å². The SMILES string of the molecule is Cc1cc(C(=O)NCCNc2nnnn2-c2ccccc2)n(C)n1. The molecule has 1 amide bonds. The molecule has 2 heterocycles. The number of anilines is 1. The first kappa shape index (κ1) is 15.7. The first-order valence-corrected chi connectivity index (χ1v) is 7.51. The topological polar surface area (TPSA) is 103 Å². The lowest BCUT2D eigenvalue weighted by Gasteiger charge is -2.08. The number of amides is 1. The second-order valence-electron chi connectivity index (χ2n) is 5.23. The van der Waals surface area contributed by atoms with Gasteiger partial charge in [-0.15, -0.1) is 0 Å². The van der Waals surface area contributed by atoms with Crippen LogP contribution in [-0.4, -0.2) is 49.0 Å². The van der Waals surface area contributed by atoms with Crippen LogP contribution in [0.5, 0.6) is 0 Å². The van der Waals surface area contributed by atoms with Gasteiger partial charge in [0, 0.05) is 20.1 Å². The van der Waals surface area contributed by atoms with Crippen LogP contribution in [0.2, 0.25) is 0 Å². The molecule has 0 radical (unpaired) electrons. The van der Waals surface area contributed by atoms with Crippen LogP contribution in [-0.2, 0) is 7.05 Å². The van der Waals surface area contributed by atoms with Crippen LogP contribution in [0.15, 0.2) is 36.4 Å². The van der Waals surface area contributed by atoms with E-state index in [-0.39, 0.29) is 5.91 Å². The number of nitrogens with zero attached hydrogens (tertiary/aromatic N) is 6. The molecule has 124 valence electrons. The zero-order valence-corrected chi connectivity index (χ0v) is 13.5. The maximum Gasteiger partial charge on any atom is 0.269 e. The van der Waals surface area contributed by atoms with Gasteiger partial charge in [0.1, 0.15) is 5.69 Å². The Bertz CT molecular complexity index is 823. The molecule has 0 fully saturated rings. The number of nitrogens with one attached hydrogen (secondary N) is 2. The van der Waals surface area contributed by atoms with E-state index in [0.717, 1.165) is 11.4 Å². The Morgan fingerprint density at radius 2 is 2.00 bits per heavy atom. The fraction of sp³-hybridized carbons (Fsp3) is 0.267. The van der Waals surface area contributed by atoms with Crippen molar-refractivity contribution in [2.75, 3.05) is 18.4 Å². The molecule has 2 aromatic heterocycles. The molecule has 0 spiro atoms. The van der Waals surface area contributed by atoms with Crippen molar-refractivity contribution in [2.24, 2.45) is 7.05 Å². The first-order valence-electron chi connectivity index (χ1n) is 7.51. The summed E-state index contributed by atoms with van der Waals surface area (Å²) in [5, 5.41) is 21.7. The van der Waals surface area contributed by atoms with Crippen molar-refractivity contribution < 1.29 is 4.79 Å². The van der Waals surface area contributed by atoms with Gasteiger partial charge in [-0.05, 0) is 35.5 Å². The summed E-state index contributed by atoms with van der Waals surface area (Å²) in [7, 11) is 1.74. The minimum Gasteiger partial charge on any atom is -0.351 e. The average molecular weight is 326 g/mol. The molecule has 0 aliphatic carbocycles. The number of rotatable bonds is 6. The zero-order chi connectivity index (χ0) is 16.9. The van der Waals surface area contributed by atoms with Crippen LogP contribution in [0.4, 0.5) is 5.95 Å². The number of carbonyl (C=O) groups excluding carboxylic acids is 1. The smallest absolute Gasteiger partial charge is 0.269 e. The van der Waals surface area contributed by atoms with Crippen molar-refractivity contribution in [3.8, 4) is 5.69 Å². The molecule has 0 aliphatic rings. The lowest BCUT2D eigenvalue weighted by Crippen LogP contribution is -2.30. The summed E-state index contributed by atoms with van der Waals surface area (Å²) < 4.78 is 3.17. The minimum absolute atomic E-state index is 0.164. The van der Waals surface area contributed by atoms with Crippen LogP contribution in [0.1, 0.15) is 16.2 Å². The maximum atomic E-state index is 12.1. The standard InChI is InChI=1S/C15H18N8O/c1-11-10-13(22(2)19-11)14(24)16-8-9-17-15-18-20-21-23(15)12-6-4-3-5-7-12/h3-7,10H,8-9H2,1-2H3,(H,16,24)(H,17,18,21). The number of aryl methyl sites for hydroxylation is 2. The van der Waals surface area contributed by atoms with E-state index in [1.54, 1.807) is 22.5 Å². The Balaban J connectivity index is 1.54. The number of tetrazole rings is 1. The van der Waals surface area contributed by atoms with E-state index in [1.807, 2.05) is 37.3 Å². The van der Waals surface area contributed by atoms with Gasteiger partial charge in [-0.3, -0.25) is 9.48 Å². The predicted molar refractivity (Wildman–Crippen MR) is 87.9 cm³/mol. The Kier molecular flexibility index (Phi) is 4.50. The van der Waals surface area contributed by atoms with E-state index in [0.29, 0.717) is 24.7 Å². The number of para-hydroxylation sites is 1. The third kappa shape index (κ3) is 3.40. The van der Waals surface area contributed by atoms with E-state index < -0.39 is 0 Å². The largest absolute Gasteiger partial charge is 0.351 e. The van der Waals surface area contributed by atoms with E-state index >= 15 is 0 Å². The van der Waals surface area contributed by atoms with Crippen molar-refractivity contribution in [1.29, 1.82) is 0 Å². The highest BCUT2D eigenvalue weighted by molar-refractivity contribution is 5.92. The van der Waals surface area contributed by atoms with E-state index in [9.17, 15) is 4.79 Å². The zero-order valence-electron chi connectivity index (χ0n) is 13.5. The summed E-state index contributed by atoms with van der Waals surface area (Å²) in [6, 6.07) is 11.3. The Hall–Kier alpha value is -3.23. The highest BCUT2D eigenvalue weighted by atomic mass is 16.2. The second kappa shape index (κ2) is 6.90. The van der Waals surface area contributed by atoms with Crippen LogP contribution in [0.25, 0.3) is 5.69 Å². The van der Waals surface area contributed by atoms with Crippen molar-refractivity contribution >= 4 is 11.9 Å². The molecule has 0 atom stereocenters. The van der Waals surface area contributed by atoms with Gasteiger partial charge in [0.15, 0.2) is 0 Å². The predicted octanol–water partition coefficient (Wildman–Crippen LogP) is 0.546. The van der Waals surface area contributed by atoms with Crippen molar-refractivity contribution in [2.45, 2.75) is 6.92 Å². The van der Waals surface area contributed by atoms with Crippen LogP contribution in [0, 0.1) is 6.92 Å². The van der Waals surface area contributed by atoms with Crippen LogP contribution in [0.3, 0.4) is 0 Å². The Morgan fingerprint density at radius 1 is 1.21 bits per heavy atom. The van der Waals surface area contributed by atoms with Gasteiger partial charge >= 0.3 is 0 Å². The molecule has 3 aromatic rings. The number of benzene rings is 1. The molecule has 0 saturated heterocycles. The summed E-state index contributed by atoms with van der Waals surface area (Å²) in [5.74, 6) is 0.356. The normalized spacial score (nSPS) is 10.6. The van der Waals surface area contributed by atoms with Gasteiger partial charge in [0.05, 0.1) is 11.4 Å². The number of hydrogen-bond donors (Lipinski definition) is 2. The summed E-state index contributed by atoms with van der Waals surface area (Å²) in [6.45, 7) is 2.78. The van der Waals surface area contributed by atoms with Gasteiger partial charge in [-0.1, -0.05) is 23.3 Å². The molecule has 0 aliphatic heterocycles. The molecule has 24 heavy (non-hydrogen) atoms. The first-order chi connectivity index (χ1) is 11.6. The van der Waals surface area contributed by atoms with Gasteiger partial charge < -0.3 is 10.6 Å². The summed E-state index contributed by atoms with van der Waals surface area (Å²) in [4.78, 5) is 12.1. The second-order valence-corrected chi connectivity index (χ2v) is 5.23. The summed E-state index contributed by atoms with van der Waals surface area (Å²) >= 11 is 0. The third-order valence-electron chi connectivity index (χ3n) is 3.40. The van der Waals surface area contributed by atoms with Gasteiger partial charge in [0.25, 0.3) is 5.91 Å². The van der Waals surface area contributed by atoms with Gasteiger partial charge in [0.2, 0.25) is 5.95 Å².